The predicted molar refractivity (Wildman–Crippen MR) is 86.4 cm³/mol. The lowest BCUT2D eigenvalue weighted by Crippen LogP contribution is -2.15. The van der Waals surface area contributed by atoms with E-state index < -0.39 is 0 Å². The van der Waals surface area contributed by atoms with Gasteiger partial charge in [-0.05, 0) is 49.9 Å². The number of benzene rings is 1. The van der Waals surface area contributed by atoms with Crippen LogP contribution in [0.3, 0.4) is 0 Å². The lowest BCUT2D eigenvalue weighted by molar-refractivity contribution is 0.283. The highest BCUT2D eigenvalue weighted by Crippen LogP contribution is 2.36. The molecule has 4 nitrogen and oxygen atoms in total. The van der Waals surface area contributed by atoms with Crippen molar-refractivity contribution in [2.75, 3.05) is 26.9 Å². The number of nitrogens with one attached hydrogen (secondary N) is 1. The van der Waals surface area contributed by atoms with Gasteiger partial charge in [0, 0.05) is 13.2 Å². The van der Waals surface area contributed by atoms with Gasteiger partial charge >= 0.3 is 0 Å². The molecule has 0 bridgehead atoms. The summed E-state index contributed by atoms with van der Waals surface area (Å²) in [5.41, 5.74) is 1.07. The lowest BCUT2D eigenvalue weighted by atomic mass is 10.2. The summed E-state index contributed by atoms with van der Waals surface area (Å²) >= 11 is 6.27. The van der Waals surface area contributed by atoms with Gasteiger partial charge in [0.15, 0.2) is 11.5 Å². The van der Waals surface area contributed by atoms with E-state index in [0.29, 0.717) is 23.1 Å². The third-order valence-corrected chi connectivity index (χ3v) is 3.36. The highest BCUT2D eigenvalue weighted by atomic mass is 35.5. The minimum absolute atomic E-state index is 0.270. The summed E-state index contributed by atoms with van der Waals surface area (Å²) in [6, 6.07) is 3.87. The van der Waals surface area contributed by atoms with Gasteiger partial charge in [-0.15, -0.1) is 0 Å². The van der Waals surface area contributed by atoms with E-state index in [4.69, 9.17) is 26.2 Å². The Morgan fingerprint density at radius 3 is 2.71 bits per heavy atom. The monoisotopic (exact) mass is 315 g/mol. The molecule has 1 aromatic carbocycles. The molecular weight excluding hydrogens is 290 g/mol. The van der Waals surface area contributed by atoms with Crippen LogP contribution in [-0.4, -0.2) is 32.0 Å². The molecule has 0 heterocycles. The Balaban J connectivity index is 2.53. The van der Waals surface area contributed by atoms with E-state index in [0.717, 1.165) is 44.3 Å². The normalized spacial score (nSPS) is 10.7. The van der Waals surface area contributed by atoms with E-state index in [1.165, 1.54) is 0 Å². The molecule has 0 unspecified atom stereocenters. The fourth-order valence-electron chi connectivity index (χ4n) is 1.99. The molecule has 0 spiro atoms. The first-order valence-electron chi connectivity index (χ1n) is 7.53. The van der Waals surface area contributed by atoms with Crippen LogP contribution < -0.4 is 14.8 Å². The van der Waals surface area contributed by atoms with Crippen LogP contribution in [0.2, 0.25) is 5.02 Å². The first-order chi connectivity index (χ1) is 10.2. The number of aliphatic hydroxyl groups excluding tert-OH is 1. The second-order valence-electron chi connectivity index (χ2n) is 4.92. The van der Waals surface area contributed by atoms with Crippen LogP contribution in [0.4, 0.5) is 0 Å². The van der Waals surface area contributed by atoms with E-state index in [1.54, 1.807) is 7.11 Å². The Hall–Kier alpha value is -0.970. The molecule has 0 amide bonds. The highest BCUT2D eigenvalue weighted by Gasteiger charge is 2.11. The fraction of sp³-hybridized carbons (Fsp3) is 0.625. The largest absolute Gasteiger partial charge is 0.493 e. The quantitative estimate of drug-likeness (QED) is 0.615. The van der Waals surface area contributed by atoms with Crippen LogP contribution in [0.25, 0.3) is 0 Å². The van der Waals surface area contributed by atoms with Crippen LogP contribution in [0.15, 0.2) is 12.1 Å². The van der Waals surface area contributed by atoms with Gasteiger partial charge < -0.3 is 19.9 Å². The first kappa shape index (κ1) is 18.1. The van der Waals surface area contributed by atoms with Crippen molar-refractivity contribution in [1.82, 2.24) is 5.32 Å². The lowest BCUT2D eigenvalue weighted by Gasteiger charge is -2.14. The average molecular weight is 316 g/mol. The molecule has 0 radical (unpaired) electrons. The minimum Gasteiger partial charge on any atom is -0.493 e. The van der Waals surface area contributed by atoms with Crippen molar-refractivity contribution >= 4 is 11.6 Å². The summed E-state index contributed by atoms with van der Waals surface area (Å²) in [7, 11) is 1.62. The Kier molecular flexibility index (Phi) is 9.22. The Morgan fingerprint density at radius 1 is 1.24 bits per heavy atom. The number of hydrogen-bond acceptors (Lipinski definition) is 4. The van der Waals surface area contributed by atoms with Gasteiger partial charge in [0.05, 0.1) is 18.7 Å². The Bertz CT molecular complexity index is 413. The number of rotatable bonds is 11. The predicted octanol–water partition coefficient (Wildman–Crippen LogP) is 3.39. The smallest absolute Gasteiger partial charge is 0.179 e. The van der Waals surface area contributed by atoms with Crippen molar-refractivity contribution in [2.24, 2.45) is 0 Å². The van der Waals surface area contributed by atoms with E-state index in [9.17, 15) is 0 Å². The Labute approximate surface area is 132 Å². The molecule has 0 fully saturated rings. The van der Waals surface area contributed by atoms with Gasteiger partial charge in [0.2, 0.25) is 0 Å². The maximum atomic E-state index is 8.72. The number of hydrogen-bond donors (Lipinski definition) is 2. The van der Waals surface area contributed by atoms with Gasteiger partial charge in [-0.2, -0.15) is 0 Å². The molecule has 0 aromatic heterocycles. The van der Waals surface area contributed by atoms with Crippen molar-refractivity contribution in [3.8, 4) is 11.5 Å². The molecule has 21 heavy (non-hydrogen) atoms. The average Bonchev–Trinajstić information content (AvgIpc) is 2.49. The van der Waals surface area contributed by atoms with Crippen LogP contribution in [0, 0.1) is 0 Å². The topological polar surface area (TPSA) is 50.7 Å². The molecular formula is C16H26ClNO3. The van der Waals surface area contributed by atoms with Gasteiger partial charge in [-0.25, -0.2) is 0 Å². The van der Waals surface area contributed by atoms with Gasteiger partial charge in [-0.1, -0.05) is 18.5 Å². The third kappa shape index (κ3) is 6.55. The zero-order chi connectivity index (χ0) is 15.5. The number of ether oxygens (including phenoxy) is 2. The highest BCUT2D eigenvalue weighted by molar-refractivity contribution is 6.32. The molecule has 2 N–H and O–H groups in total. The Morgan fingerprint density at radius 2 is 2.05 bits per heavy atom. The van der Waals surface area contributed by atoms with E-state index in [-0.39, 0.29) is 6.61 Å². The van der Waals surface area contributed by atoms with E-state index in [1.807, 2.05) is 12.1 Å². The summed E-state index contributed by atoms with van der Waals surface area (Å²) in [6.07, 6.45) is 3.89. The second-order valence-corrected chi connectivity index (χ2v) is 5.33. The van der Waals surface area contributed by atoms with Crippen LogP contribution in [-0.2, 0) is 6.54 Å². The van der Waals surface area contributed by atoms with E-state index in [2.05, 4.69) is 12.2 Å². The summed E-state index contributed by atoms with van der Waals surface area (Å²) in [4.78, 5) is 0. The maximum absolute atomic E-state index is 8.72. The molecule has 1 rings (SSSR count). The zero-order valence-electron chi connectivity index (χ0n) is 13.0. The van der Waals surface area contributed by atoms with Crippen LogP contribution >= 0.6 is 11.6 Å². The van der Waals surface area contributed by atoms with Gasteiger partial charge in [0.1, 0.15) is 0 Å². The summed E-state index contributed by atoms with van der Waals surface area (Å²) < 4.78 is 11.0. The molecule has 0 atom stereocenters. The number of halogens is 1. The van der Waals surface area contributed by atoms with Gasteiger partial charge in [0.25, 0.3) is 0 Å². The first-order valence-corrected chi connectivity index (χ1v) is 7.91. The van der Waals surface area contributed by atoms with Crippen LogP contribution in [0.5, 0.6) is 11.5 Å². The summed E-state index contributed by atoms with van der Waals surface area (Å²) in [5, 5.41) is 12.7. The second kappa shape index (κ2) is 10.7. The van der Waals surface area contributed by atoms with Crippen LogP contribution in [0.1, 0.15) is 38.2 Å². The summed E-state index contributed by atoms with van der Waals surface area (Å²) in [5.74, 6) is 1.29. The SMILES string of the molecule is CCCOc1c(Cl)cc(CNCCCCCO)cc1OC. The zero-order valence-corrected chi connectivity index (χ0v) is 13.7. The van der Waals surface area contributed by atoms with Crippen molar-refractivity contribution in [1.29, 1.82) is 0 Å². The molecule has 0 saturated carbocycles. The molecule has 0 aliphatic rings. The molecule has 120 valence electrons. The van der Waals surface area contributed by atoms with Crippen molar-refractivity contribution < 1.29 is 14.6 Å². The number of methoxy groups -OCH3 is 1. The minimum atomic E-state index is 0.270. The molecule has 0 saturated heterocycles. The van der Waals surface area contributed by atoms with Crippen molar-refractivity contribution in [3.63, 3.8) is 0 Å². The van der Waals surface area contributed by atoms with Crippen molar-refractivity contribution in [3.05, 3.63) is 22.7 Å². The number of unbranched alkanes of at least 4 members (excludes halogenated alkanes) is 2. The van der Waals surface area contributed by atoms with Gasteiger partial charge in [-0.3, -0.25) is 0 Å². The maximum Gasteiger partial charge on any atom is 0.179 e. The third-order valence-electron chi connectivity index (χ3n) is 3.08. The molecule has 5 heteroatoms. The molecule has 1 aromatic rings. The summed E-state index contributed by atoms with van der Waals surface area (Å²) in [6.45, 7) is 4.61. The fourth-order valence-corrected chi connectivity index (χ4v) is 2.28. The standard InChI is InChI=1S/C16H26ClNO3/c1-3-9-21-16-14(17)10-13(11-15(16)20-2)12-18-7-5-4-6-8-19/h10-11,18-19H,3-9,12H2,1-2H3. The van der Waals surface area contributed by atoms with E-state index >= 15 is 0 Å². The van der Waals surface area contributed by atoms with Crippen molar-refractivity contribution in [2.45, 2.75) is 39.2 Å². The molecule has 0 aliphatic carbocycles. The number of aliphatic hydroxyl groups is 1. The molecule has 0 aliphatic heterocycles.